The Kier molecular flexibility index (Phi) is 5.53. The Hall–Kier alpha value is -2.34. The highest BCUT2D eigenvalue weighted by atomic mass is 16.6. The molecule has 2 heterocycles. The molecule has 1 aromatic rings. The van der Waals surface area contributed by atoms with E-state index in [-0.39, 0.29) is 24.6 Å². The van der Waals surface area contributed by atoms with Crippen LogP contribution in [0.2, 0.25) is 0 Å². The first-order valence-corrected chi connectivity index (χ1v) is 9.83. The minimum absolute atomic E-state index is 0.00343. The van der Waals surface area contributed by atoms with Crippen molar-refractivity contribution in [1.82, 2.24) is 9.80 Å². The van der Waals surface area contributed by atoms with E-state index in [2.05, 4.69) is 6.58 Å². The fourth-order valence-corrected chi connectivity index (χ4v) is 4.16. The van der Waals surface area contributed by atoms with E-state index in [1.807, 2.05) is 51.1 Å². The molecule has 0 saturated carbocycles. The fraction of sp³-hybridized carbons (Fsp3) is 0.545. The Morgan fingerprint density at radius 3 is 2.43 bits per heavy atom. The van der Waals surface area contributed by atoms with Gasteiger partial charge in [0.2, 0.25) is 0 Å². The van der Waals surface area contributed by atoms with Crippen molar-refractivity contribution in [2.75, 3.05) is 13.1 Å². The number of carbonyl (C=O) groups is 2. The maximum atomic E-state index is 12.8. The number of amides is 2. The van der Waals surface area contributed by atoms with E-state index in [1.54, 1.807) is 15.9 Å². The Bertz CT molecular complexity index is 735. The van der Waals surface area contributed by atoms with Gasteiger partial charge >= 0.3 is 6.09 Å². The van der Waals surface area contributed by atoms with Crippen LogP contribution in [0.5, 0.6) is 0 Å². The van der Waals surface area contributed by atoms with E-state index in [0.29, 0.717) is 25.9 Å². The third-order valence-electron chi connectivity index (χ3n) is 5.98. The first-order valence-electron chi connectivity index (χ1n) is 9.83. The molecule has 1 N–H and O–H groups in total. The van der Waals surface area contributed by atoms with Gasteiger partial charge < -0.3 is 19.6 Å². The van der Waals surface area contributed by atoms with Gasteiger partial charge in [0.05, 0.1) is 6.04 Å². The lowest BCUT2D eigenvalue weighted by Gasteiger charge is -2.60. The molecule has 2 unspecified atom stereocenters. The molecule has 2 atom stereocenters. The van der Waals surface area contributed by atoms with Crippen molar-refractivity contribution in [1.29, 1.82) is 0 Å². The van der Waals surface area contributed by atoms with E-state index in [9.17, 15) is 14.7 Å². The van der Waals surface area contributed by atoms with Crippen molar-refractivity contribution >= 4 is 12.0 Å². The smallest absolute Gasteiger partial charge is 0.410 e. The molecule has 0 aliphatic carbocycles. The quantitative estimate of drug-likeness (QED) is 0.638. The van der Waals surface area contributed by atoms with Crippen molar-refractivity contribution in [2.24, 2.45) is 5.41 Å². The topological polar surface area (TPSA) is 70.1 Å². The third-order valence-corrected chi connectivity index (χ3v) is 5.98. The molecule has 28 heavy (non-hydrogen) atoms. The maximum Gasteiger partial charge on any atom is 0.410 e. The molecule has 0 aromatic heterocycles. The molecule has 0 bridgehead atoms. The van der Waals surface area contributed by atoms with Gasteiger partial charge in [-0.3, -0.25) is 4.79 Å². The summed E-state index contributed by atoms with van der Waals surface area (Å²) in [7, 11) is 0. The van der Waals surface area contributed by atoms with Gasteiger partial charge in [-0.05, 0) is 18.4 Å². The van der Waals surface area contributed by atoms with Crippen LogP contribution in [0.1, 0.15) is 39.2 Å². The van der Waals surface area contributed by atoms with E-state index >= 15 is 0 Å². The van der Waals surface area contributed by atoms with Crippen LogP contribution in [-0.4, -0.2) is 57.7 Å². The second-order valence-electron chi connectivity index (χ2n) is 8.67. The number of β-lactam (4-membered cyclic amide) rings is 1. The highest BCUT2D eigenvalue weighted by molar-refractivity contribution is 5.94. The van der Waals surface area contributed by atoms with Crippen LogP contribution in [0.15, 0.2) is 43.0 Å². The maximum absolute atomic E-state index is 12.8. The molecule has 0 spiro atoms. The van der Waals surface area contributed by atoms with Crippen LogP contribution in [0.4, 0.5) is 4.79 Å². The highest BCUT2D eigenvalue weighted by Crippen LogP contribution is 2.46. The van der Waals surface area contributed by atoms with Gasteiger partial charge in [-0.1, -0.05) is 57.2 Å². The SMILES string of the molecule is C=CC1N(C2CCN(C(=O)OCc3ccccc3)CC2)C(=O)C1(O)C(C)(C)C. The minimum Gasteiger partial charge on any atom is -0.445 e. The van der Waals surface area contributed by atoms with Crippen LogP contribution in [0, 0.1) is 5.41 Å². The lowest BCUT2D eigenvalue weighted by atomic mass is 9.64. The summed E-state index contributed by atoms with van der Waals surface area (Å²) in [6.07, 6.45) is 2.66. The Balaban J connectivity index is 1.55. The summed E-state index contributed by atoms with van der Waals surface area (Å²) in [4.78, 5) is 28.5. The Morgan fingerprint density at radius 2 is 1.89 bits per heavy atom. The van der Waals surface area contributed by atoms with Gasteiger partial charge in [-0.15, -0.1) is 6.58 Å². The van der Waals surface area contributed by atoms with E-state index < -0.39 is 17.1 Å². The molecule has 3 rings (SSSR count). The highest BCUT2D eigenvalue weighted by Gasteiger charge is 2.65. The van der Waals surface area contributed by atoms with Crippen molar-refractivity contribution in [3.63, 3.8) is 0 Å². The minimum atomic E-state index is -1.42. The number of likely N-dealkylation sites (tertiary alicyclic amines) is 2. The number of nitrogens with zero attached hydrogens (tertiary/aromatic N) is 2. The van der Waals surface area contributed by atoms with Crippen molar-refractivity contribution in [3.8, 4) is 0 Å². The zero-order valence-electron chi connectivity index (χ0n) is 16.9. The molecule has 2 fully saturated rings. The van der Waals surface area contributed by atoms with Crippen LogP contribution in [-0.2, 0) is 16.1 Å². The van der Waals surface area contributed by atoms with Crippen LogP contribution < -0.4 is 0 Å². The van der Waals surface area contributed by atoms with Crippen LogP contribution in [0.3, 0.4) is 0 Å². The summed E-state index contributed by atoms with van der Waals surface area (Å²) < 4.78 is 5.40. The second-order valence-corrected chi connectivity index (χ2v) is 8.67. The first-order chi connectivity index (χ1) is 13.2. The molecule has 1 aromatic carbocycles. The van der Waals surface area contributed by atoms with Crippen LogP contribution in [0.25, 0.3) is 0 Å². The molecule has 2 aliphatic heterocycles. The summed E-state index contributed by atoms with van der Waals surface area (Å²) in [5.41, 5.74) is -1.03. The zero-order valence-corrected chi connectivity index (χ0v) is 16.9. The molecular formula is C22H30N2O4. The lowest BCUT2D eigenvalue weighted by molar-refractivity contribution is -0.214. The number of ether oxygens (including phenoxy) is 1. The number of hydrogen-bond acceptors (Lipinski definition) is 4. The van der Waals surface area contributed by atoms with E-state index in [0.717, 1.165) is 5.56 Å². The van der Waals surface area contributed by atoms with Crippen molar-refractivity contribution in [2.45, 2.75) is 57.9 Å². The molecule has 2 saturated heterocycles. The molecule has 2 aliphatic rings. The second kappa shape index (κ2) is 7.59. The first kappa shape index (κ1) is 20.4. The largest absolute Gasteiger partial charge is 0.445 e. The monoisotopic (exact) mass is 386 g/mol. The fourth-order valence-electron chi connectivity index (χ4n) is 4.16. The molecular weight excluding hydrogens is 356 g/mol. The van der Waals surface area contributed by atoms with Gasteiger partial charge in [0, 0.05) is 24.5 Å². The molecule has 2 amide bonds. The number of benzene rings is 1. The zero-order chi connectivity index (χ0) is 20.5. The summed E-state index contributed by atoms with van der Waals surface area (Å²) in [6, 6.07) is 9.17. The summed E-state index contributed by atoms with van der Waals surface area (Å²) in [5, 5.41) is 10.9. The molecule has 6 heteroatoms. The van der Waals surface area contributed by atoms with E-state index in [1.165, 1.54) is 0 Å². The van der Waals surface area contributed by atoms with Gasteiger partial charge in [0.15, 0.2) is 5.60 Å². The normalized spacial score (nSPS) is 26.0. The van der Waals surface area contributed by atoms with Crippen molar-refractivity contribution < 1.29 is 19.4 Å². The molecule has 0 radical (unpaired) electrons. The number of rotatable bonds is 4. The predicted octanol–water partition coefficient (Wildman–Crippen LogP) is 2.96. The predicted molar refractivity (Wildman–Crippen MR) is 106 cm³/mol. The Labute approximate surface area is 166 Å². The van der Waals surface area contributed by atoms with Crippen LogP contribution >= 0.6 is 0 Å². The van der Waals surface area contributed by atoms with Gasteiger partial charge in [-0.25, -0.2) is 4.79 Å². The average molecular weight is 386 g/mol. The molecule has 152 valence electrons. The Morgan fingerprint density at radius 1 is 1.29 bits per heavy atom. The molecule has 6 nitrogen and oxygen atoms in total. The summed E-state index contributed by atoms with van der Waals surface area (Å²) >= 11 is 0. The van der Waals surface area contributed by atoms with Gasteiger partial charge in [0.1, 0.15) is 6.61 Å². The summed E-state index contributed by atoms with van der Waals surface area (Å²) in [6.45, 7) is 10.7. The van der Waals surface area contributed by atoms with Gasteiger partial charge in [-0.2, -0.15) is 0 Å². The number of carbonyl (C=O) groups excluding carboxylic acids is 2. The standard InChI is InChI=1S/C22H30N2O4/c1-5-18-22(27,21(2,3)4)19(25)24(18)17-11-13-23(14-12-17)20(26)28-15-16-9-7-6-8-10-16/h5-10,17-18,27H,1,11-15H2,2-4H3. The van der Waals surface area contributed by atoms with Gasteiger partial charge in [0.25, 0.3) is 5.91 Å². The lowest BCUT2D eigenvalue weighted by Crippen LogP contribution is -2.80. The van der Waals surface area contributed by atoms with Crippen molar-refractivity contribution in [3.05, 3.63) is 48.6 Å². The number of hydrogen-bond donors (Lipinski definition) is 1. The average Bonchev–Trinajstić information content (AvgIpc) is 2.69. The summed E-state index contributed by atoms with van der Waals surface area (Å²) in [5.74, 6) is -0.241. The van der Waals surface area contributed by atoms with E-state index in [4.69, 9.17) is 4.74 Å². The number of aliphatic hydroxyl groups is 1. The third kappa shape index (κ3) is 3.41. The number of piperidine rings is 1.